The van der Waals surface area contributed by atoms with E-state index >= 15 is 0 Å². The molecule has 1 aromatic carbocycles. The number of hydrogen-bond acceptors (Lipinski definition) is 2. The van der Waals surface area contributed by atoms with Gasteiger partial charge in [0, 0.05) is 17.1 Å². The first-order valence-corrected chi connectivity index (χ1v) is 8.39. The number of rotatable bonds is 5. The Hall–Kier alpha value is -0.160. The molecule has 3 rings (SSSR count). The quantitative estimate of drug-likeness (QED) is 0.835. The Morgan fingerprint density at radius 3 is 2.52 bits per heavy atom. The molecule has 1 aliphatic carbocycles. The largest absolute Gasteiger partial charge is 0.314 e. The molecule has 118 valence electrons. The Labute approximate surface area is 141 Å². The SMILES string of the molecule is Cl.Fc1ccc(CN2CCC(NCC3CC3)CC2)c(Br)c1. The van der Waals surface area contributed by atoms with E-state index in [1.165, 1.54) is 37.8 Å². The molecule has 1 saturated carbocycles. The number of benzene rings is 1. The summed E-state index contributed by atoms with van der Waals surface area (Å²) in [7, 11) is 0. The maximum absolute atomic E-state index is 13.1. The van der Waals surface area contributed by atoms with Crippen LogP contribution in [0.4, 0.5) is 4.39 Å². The van der Waals surface area contributed by atoms with E-state index in [1.807, 2.05) is 6.07 Å². The maximum atomic E-state index is 13.1. The van der Waals surface area contributed by atoms with Crippen LogP contribution in [0.5, 0.6) is 0 Å². The average molecular weight is 378 g/mol. The monoisotopic (exact) mass is 376 g/mol. The van der Waals surface area contributed by atoms with Crippen molar-refractivity contribution < 1.29 is 4.39 Å². The Kier molecular flexibility index (Phi) is 6.48. The van der Waals surface area contributed by atoms with E-state index in [-0.39, 0.29) is 18.2 Å². The summed E-state index contributed by atoms with van der Waals surface area (Å²) in [4.78, 5) is 2.47. The molecule has 1 aliphatic heterocycles. The van der Waals surface area contributed by atoms with Crippen LogP contribution in [-0.2, 0) is 6.54 Å². The van der Waals surface area contributed by atoms with Gasteiger partial charge in [-0.1, -0.05) is 22.0 Å². The zero-order valence-electron chi connectivity index (χ0n) is 12.2. The summed E-state index contributed by atoms with van der Waals surface area (Å²) in [6, 6.07) is 5.68. The highest BCUT2D eigenvalue weighted by Gasteiger charge is 2.24. The van der Waals surface area contributed by atoms with Gasteiger partial charge in [-0.15, -0.1) is 12.4 Å². The van der Waals surface area contributed by atoms with Crippen molar-refractivity contribution in [3.05, 3.63) is 34.1 Å². The summed E-state index contributed by atoms with van der Waals surface area (Å²) in [6.45, 7) is 4.39. The molecule has 1 N–H and O–H groups in total. The first kappa shape index (κ1) is 17.2. The second-order valence-corrected chi connectivity index (χ2v) is 6.99. The Bertz CT molecular complexity index is 460. The number of likely N-dealkylation sites (tertiary alicyclic amines) is 1. The highest BCUT2D eigenvalue weighted by Crippen LogP contribution is 2.28. The van der Waals surface area contributed by atoms with Gasteiger partial charge < -0.3 is 5.32 Å². The minimum atomic E-state index is -0.177. The van der Waals surface area contributed by atoms with E-state index in [0.29, 0.717) is 6.04 Å². The van der Waals surface area contributed by atoms with Gasteiger partial charge in [0.05, 0.1) is 0 Å². The molecule has 1 aromatic rings. The molecule has 0 amide bonds. The first-order valence-electron chi connectivity index (χ1n) is 7.60. The lowest BCUT2D eigenvalue weighted by Gasteiger charge is -2.32. The summed E-state index contributed by atoms with van der Waals surface area (Å²) >= 11 is 3.45. The summed E-state index contributed by atoms with van der Waals surface area (Å²) in [6.07, 6.45) is 5.30. The molecular formula is C16H23BrClFN2. The van der Waals surface area contributed by atoms with E-state index in [0.717, 1.165) is 30.0 Å². The fraction of sp³-hybridized carbons (Fsp3) is 0.625. The second-order valence-electron chi connectivity index (χ2n) is 6.14. The first-order chi connectivity index (χ1) is 9.70. The van der Waals surface area contributed by atoms with Gasteiger partial charge in [-0.3, -0.25) is 4.90 Å². The van der Waals surface area contributed by atoms with Crippen LogP contribution in [0.25, 0.3) is 0 Å². The second kappa shape index (κ2) is 7.91. The molecule has 1 saturated heterocycles. The average Bonchev–Trinajstić information content (AvgIpc) is 3.25. The number of hydrogen-bond donors (Lipinski definition) is 1. The third-order valence-electron chi connectivity index (χ3n) is 4.39. The molecule has 0 aromatic heterocycles. The summed E-state index contributed by atoms with van der Waals surface area (Å²) < 4.78 is 14.0. The maximum Gasteiger partial charge on any atom is 0.124 e. The Morgan fingerprint density at radius 2 is 1.90 bits per heavy atom. The summed E-state index contributed by atoms with van der Waals surface area (Å²) in [5.41, 5.74) is 1.18. The molecule has 2 nitrogen and oxygen atoms in total. The van der Waals surface area contributed by atoms with E-state index in [2.05, 4.69) is 26.1 Å². The van der Waals surface area contributed by atoms with Gasteiger partial charge in [-0.2, -0.15) is 0 Å². The summed E-state index contributed by atoms with van der Waals surface area (Å²) in [5, 5.41) is 3.70. The molecule has 21 heavy (non-hydrogen) atoms. The fourth-order valence-corrected chi connectivity index (χ4v) is 3.32. The molecule has 0 unspecified atom stereocenters. The molecule has 1 heterocycles. The van der Waals surface area contributed by atoms with Crippen LogP contribution in [0.15, 0.2) is 22.7 Å². The van der Waals surface area contributed by atoms with Crippen LogP contribution in [0.3, 0.4) is 0 Å². The van der Waals surface area contributed by atoms with Gasteiger partial charge in [0.25, 0.3) is 0 Å². The van der Waals surface area contributed by atoms with Crippen molar-refractivity contribution in [1.29, 1.82) is 0 Å². The highest BCUT2D eigenvalue weighted by atomic mass is 79.9. The molecule has 2 aliphatic rings. The number of nitrogens with zero attached hydrogens (tertiary/aromatic N) is 1. The lowest BCUT2D eigenvalue weighted by Crippen LogP contribution is -2.42. The van der Waals surface area contributed by atoms with E-state index in [1.54, 1.807) is 12.1 Å². The zero-order valence-corrected chi connectivity index (χ0v) is 14.6. The van der Waals surface area contributed by atoms with Crippen LogP contribution in [0.1, 0.15) is 31.2 Å². The fourth-order valence-electron chi connectivity index (χ4n) is 2.84. The summed E-state index contributed by atoms with van der Waals surface area (Å²) in [5.74, 6) is 0.784. The molecular weight excluding hydrogens is 355 g/mol. The third kappa shape index (κ3) is 5.20. The number of piperidine rings is 1. The molecule has 0 bridgehead atoms. The topological polar surface area (TPSA) is 15.3 Å². The van der Waals surface area contributed by atoms with Gasteiger partial charge in [0.2, 0.25) is 0 Å². The van der Waals surface area contributed by atoms with Gasteiger partial charge in [-0.25, -0.2) is 4.39 Å². The van der Waals surface area contributed by atoms with Gasteiger partial charge in [0.1, 0.15) is 5.82 Å². The Morgan fingerprint density at radius 1 is 1.19 bits per heavy atom. The molecule has 0 spiro atoms. The van der Waals surface area contributed by atoms with Gasteiger partial charge in [-0.05, 0) is 68.9 Å². The van der Waals surface area contributed by atoms with Gasteiger partial charge in [0.15, 0.2) is 0 Å². The standard InChI is InChI=1S/C16H22BrFN2.ClH/c17-16-9-14(18)4-3-13(16)11-20-7-5-15(6-8-20)19-10-12-1-2-12;/h3-4,9,12,15,19H,1-2,5-8,10-11H2;1H. The minimum absolute atomic E-state index is 0. The van der Waals surface area contributed by atoms with Crippen LogP contribution < -0.4 is 5.32 Å². The van der Waals surface area contributed by atoms with Crippen molar-refractivity contribution in [3.8, 4) is 0 Å². The van der Waals surface area contributed by atoms with E-state index in [9.17, 15) is 4.39 Å². The van der Waals surface area contributed by atoms with Crippen molar-refractivity contribution in [2.45, 2.75) is 38.3 Å². The lowest BCUT2D eigenvalue weighted by atomic mass is 10.0. The smallest absolute Gasteiger partial charge is 0.124 e. The normalized spacial score (nSPS) is 20.3. The predicted molar refractivity (Wildman–Crippen MR) is 90.4 cm³/mol. The van der Waals surface area contributed by atoms with Crippen molar-refractivity contribution in [2.24, 2.45) is 5.92 Å². The third-order valence-corrected chi connectivity index (χ3v) is 5.13. The lowest BCUT2D eigenvalue weighted by molar-refractivity contribution is 0.190. The van der Waals surface area contributed by atoms with Crippen molar-refractivity contribution in [2.75, 3.05) is 19.6 Å². The Balaban J connectivity index is 0.00000161. The van der Waals surface area contributed by atoms with Crippen molar-refractivity contribution in [3.63, 3.8) is 0 Å². The van der Waals surface area contributed by atoms with Crippen LogP contribution >= 0.6 is 28.3 Å². The van der Waals surface area contributed by atoms with Crippen molar-refractivity contribution in [1.82, 2.24) is 10.2 Å². The molecule has 0 atom stereocenters. The van der Waals surface area contributed by atoms with Gasteiger partial charge >= 0.3 is 0 Å². The number of nitrogens with one attached hydrogen (secondary N) is 1. The molecule has 5 heteroatoms. The van der Waals surface area contributed by atoms with Crippen molar-refractivity contribution >= 4 is 28.3 Å². The minimum Gasteiger partial charge on any atom is -0.314 e. The molecule has 2 fully saturated rings. The van der Waals surface area contributed by atoms with E-state index < -0.39 is 0 Å². The van der Waals surface area contributed by atoms with Crippen LogP contribution in [-0.4, -0.2) is 30.6 Å². The highest BCUT2D eigenvalue weighted by molar-refractivity contribution is 9.10. The zero-order chi connectivity index (χ0) is 13.9. The molecule has 0 radical (unpaired) electrons. The number of halogens is 3. The van der Waals surface area contributed by atoms with E-state index in [4.69, 9.17) is 0 Å². The van der Waals surface area contributed by atoms with Crippen LogP contribution in [0.2, 0.25) is 0 Å². The predicted octanol–water partition coefficient (Wildman–Crippen LogP) is 3.97. The van der Waals surface area contributed by atoms with Crippen LogP contribution in [0, 0.1) is 11.7 Å².